The van der Waals surface area contributed by atoms with Crippen molar-refractivity contribution >= 4 is 0 Å². The lowest BCUT2D eigenvalue weighted by Gasteiger charge is -2.05. The van der Waals surface area contributed by atoms with Crippen molar-refractivity contribution < 1.29 is 14.3 Å². The average molecular weight is 329 g/mol. The second kappa shape index (κ2) is 7.33. The van der Waals surface area contributed by atoms with Gasteiger partial charge in [0.2, 0.25) is 11.8 Å². The molecule has 0 fully saturated rings. The van der Waals surface area contributed by atoms with Crippen LogP contribution in [-0.2, 0) is 11.3 Å². The number of hydrogen-bond donors (Lipinski definition) is 1. The standard InChI is InChI=1S/C16H19N5O3/c1-11-3-5-13(6-4-11)16-19-18-15(24-16)12(2)21-9-14(17-20-21)10-23-8-7-22/h3-6,9,12,22H,7-8,10H2,1-2H3. The molecule has 0 aliphatic heterocycles. The minimum atomic E-state index is -0.240. The molecule has 1 atom stereocenters. The molecular formula is C16H19N5O3. The number of rotatable bonds is 7. The van der Waals surface area contributed by atoms with E-state index in [1.165, 1.54) is 5.56 Å². The third-order valence-corrected chi connectivity index (χ3v) is 3.54. The summed E-state index contributed by atoms with van der Waals surface area (Å²) >= 11 is 0. The van der Waals surface area contributed by atoms with E-state index in [2.05, 4.69) is 20.5 Å². The first-order chi connectivity index (χ1) is 11.7. The molecule has 126 valence electrons. The second-order valence-electron chi connectivity index (χ2n) is 5.45. The van der Waals surface area contributed by atoms with Crippen LogP contribution < -0.4 is 0 Å². The van der Waals surface area contributed by atoms with Crippen molar-refractivity contribution in [3.63, 3.8) is 0 Å². The largest absolute Gasteiger partial charge is 0.418 e. The number of aryl methyl sites for hydroxylation is 1. The van der Waals surface area contributed by atoms with Gasteiger partial charge in [-0.25, -0.2) is 4.68 Å². The van der Waals surface area contributed by atoms with Crippen LogP contribution in [0.5, 0.6) is 0 Å². The molecule has 2 aromatic heterocycles. The highest BCUT2D eigenvalue weighted by molar-refractivity contribution is 5.52. The van der Waals surface area contributed by atoms with E-state index in [1.807, 2.05) is 38.1 Å². The maximum Gasteiger partial charge on any atom is 0.247 e. The molecule has 1 N–H and O–H groups in total. The molecule has 1 aromatic carbocycles. The van der Waals surface area contributed by atoms with E-state index in [9.17, 15) is 0 Å². The van der Waals surface area contributed by atoms with Gasteiger partial charge in [0.15, 0.2) is 0 Å². The van der Waals surface area contributed by atoms with Gasteiger partial charge in [-0.3, -0.25) is 0 Å². The van der Waals surface area contributed by atoms with E-state index in [0.29, 0.717) is 24.1 Å². The van der Waals surface area contributed by atoms with Crippen LogP contribution in [0.3, 0.4) is 0 Å². The Hall–Kier alpha value is -2.58. The van der Waals surface area contributed by atoms with E-state index >= 15 is 0 Å². The van der Waals surface area contributed by atoms with E-state index in [0.717, 1.165) is 5.56 Å². The fraction of sp³-hybridized carbons (Fsp3) is 0.375. The maximum absolute atomic E-state index is 8.70. The zero-order chi connectivity index (χ0) is 16.9. The van der Waals surface area contributed by atoms with Gasteiger partial charge in [0, 0.05) is 5.56 Å². The number of benzene rings is 1. The summed E-state index contributed by atoms with van der Waals surface area (Å²) in [6.45, 7) is 4.48. The van der Waals surface area contributed by atoms with E-state index in [1.54, 1.807) is 10.9 Å². The third kappa shape index (κ3) is 3.66. The van der Waals surface area contributed by atoms with Gasteiger partial charge in [-0.1, -0.05) is 22.9 Å². The molecule has 8 nitrogen and oxygen atoms in total. The van der Waals surface area contributed by atoms with Gasteiger partial charge in [-0.15, -0.1) is 15.3 Å². The number of aromatic nitrogens is 5. The Morgan fingerprint density at radius 1 is 1.21 bits per heavy atom. The van der Waals surface area contributed by atoms with Crippen molar-refractivity contribution in [3.8, 4) is 11.5 Å². The highest BCUT2D eigenvalue weighted by Gasteiger charge is 2.18. The van der Waals surface area contributed by atoms with Gasteiger partial charge in [0.1, 0.15) is 11.7 Å². The van der Waals surface area contributed by atoms with E-state index < -0.39 is 0 Å². The van der Waals surface area contributed by atoms with Crippen LogP contribution in [0.25, 0.3) is 11.5 Å². The summed E-state index contributed by atoms with van der Waals surface area (Å²) in [5.74, 6) is 0.932. The quantitative estimate of drug-likeness (QED) is 0.659. The summed E-state index contributed by atoms with van der Waals surface area (Å²) in [5, 5.41) is 25.0. The van der Waals surface area contributed by atoms with Crippen LogP contribution in [0, 0.1) is 6.92 Å². The Morgan fingerprint density at radius 2 is 2.00 bits per heavy atom. The Kier molecular flexibility index (Phi) is 4.97. The molecule has 0 bridgehead atoms. The summed E-state index contributed by atoms with van der Waals surface area (Å²) in [4.78, 5) is 0. The van der Waals surface area contributed by atoms with Crippen molar-refractivity contribution in [1.29, 1.82) is 0 Å². The molecule has 24 heavy (non-hydrogen) atoms. The fourth-order valence-electron chi connectivity index (χ4n) is 2.14. The predicted octanol–water partition coefficient (Wildman–Crippen LogP) is 1.75. The summed E-state index contributed by atoms with van der Waals surface area (Å²) < 4.78 is 12.6. The molecule has 2 heterocycles. The van der Waals surface area contributed by atoms with Crippen molar-refractivity contribution in [2.24, 2.45) is 0 Å². The number of aliphatic hydroxyl groups is 1. The SMILES string of the molecule is Cc1ccc(-c2nnc(C(C)n3cc(COCCO)nn3)o2)cc1. The Balaban J connectivity index is 1.71. The van der Waals surface area contributed by atoms with Gasteiger partial charge in [-0.05, 0) is 26.0 Å². The lowest BCUT2D eigenvalue weighted by Crippen LogP contribution is -2.08. The molecular weight excluding hydrogens is 310 g/mol. The smallest absolute Gasteiger partial charge is 0.247 e. The first-order valence-corrected chi connectivity index (χ1v) is 7.67. The Morgan fingerprint density at radius 3 is 2.75 bits per heavy atom. The lowest BCUT2D eigenvalue weighted by molar-refractivity contribution is 0.0796. The number of ether oxygens (including phenoxy) is 1. The zero-order valence-corrected chi connectivity index (χ0v) is 13.6. The van der Waals surface area contributed by atoms with Gasteiger partial charge >= 0.3 is 0 Å². The molecule has 8 heteroatoms. The Bertz CT molecular complexity index is 781. The predicted molar refractivity (Wildman–Crippen MR) is 85.0 cm³/mol. The number of aliphatic hydroxyl groups excluding tert-OH is 1. The fourth-order valence-corrected chi connectivity index (χ4v) is 2.14. The van der Waals surface area contributed by atoms with Crippen LogP contribution in [-0.4, -0.2) is 43.5 Å². The second-order valence-corrected chi connectivity index (χ2v) is 5.45. The molecule has 0 amide bonds. The third-order valence-electron chi connectivity index (χ3n) is 3.54. The van der Waals surface area contributed by atoms with Gasteiger partial charge in [-0.2, -0.15) is 0 Å². The Labute approximate surface area is 139 Å². The summed E-state index contributed by atoms with van der Waals surface area (Å²) in [5.41, 5.74) is 2.72. The van der Waals surface area contributed by atoms with Crippen LogP contribution in [0.15, 0.2) is 34.9 Å². The van der Waals surface area contributed by atoms with Crippen LogP contribution in [0.2, 0.25) is 0 Å². The summed E-state index contributed by atoms with van der Waals surface area (Å²) in [6, 6.07) is 7.65. The minimum Gasteiger partial charge on any atom is -0.418 e. The molecule has 3 rings (SSSR count). The molecule has 0 saturated heterocycles. The molecule has 0 radical (unpaired) electrons. The van der Waals surface area contributed by atoms with Gasteiger partial charge in [0.05, 0.1) is 26.0 Å². The van der Waals surface area contributed by atoms with E-state index in [-0.39, 0.29) is 19.3 Å². The van der Waals surface area contributed by atoms with Gasteiger partial charge < -0.3 is 14.3 Å². The monoisotopic (exact) mass is 329 g/mol. The first kappa shape index (κ1) is 16.3. The molecule has 0 saturated carbocycles. The van der Waals surface area contributed by atoms with Crippen molar-refractivity contribution in [2.45, 2.75) is 26.5 Å². The molecule has 3 aromatic rings. The van der Waals surface area contributed by atoms with Crippen LogP contribution in [0.4, 0.5) is 0 Å². The maximum atomic E-state index is 8.70. The number of hydrogen-bond acceptors (Lipinski definition) is 7. The molecule has 0 spiro atoms. The van der Waals surface area contributed by atoms with Crippen molar-refractivity contribution in [3.05, 3.63) is 47.6 Å². The summed E-state index contributed by atoms with van der Waals surface area (Å²) in [7, 11) is 0. The highest BCUT2D eigenvalue weighted by Crippen LogP contribution is 2.22. The van der Waals surface area contributed by atoms with Crippen molar-refractivity contribution in [1.82, 2.24) is 25.2 Å². The van der Waals surface area contributed by atoms with E-state index in [4.69, 9.17) is 14.3 Å². The lowest BCUT2D eigenvalue weighted by atomic mass is 10.1. The highest BCUT2D eigenvalue weighted by atomic mass is 16.5. The average Bonchev–Trinajstić information content (AvgIpc) is 3.25. The van der Waals surface area contributed by atoms with Crippen LogP contribution in [0.1, 0.15) is 30.1 Å². The van der Waals surface area contributed by atoms with Crippen LogP contribution >= 0.6 is 0 Å². The topological polar surface area (TPSA) is 99.1 Å². The number of nitrogens with zero attached hydrogens (tertiary/aromatic N) is 5. The zero-order valence-electron chi connectivity index (χ0n) is 13.6. The normalized spacial score (nSPS) is 12.5. The molecule has 0 aliphatic rings. The minimum absolute atomic E-state index is 0.0195. The summed E-state index contributed by atoms with van der Waals surface area (Å²) in [6.07, 6.45) is 1.76. The molecule has 0 aliphatic carbocycles. The molecule has 1 unspecified atom stereocenters. The van der Waals surface area contributed by atoms with Crippen molar-refractivity contribution in [2.75, 3.05) is 13.2 Å². The first-order valence-electron chi connectivity index (χ1n) is 7.67. The van der Waals surface area contributed by atoms with Gasteiger partial charge in [0.25, 0.3) is 0 Å².